The first-order chi connectivity index (χ1) is 5.65. The van der Waals surface area contributed by atoms with E-state index in [2.05, 4.69) is 24.0 Å². The molecule has 0 radical (unpaired) electrons. The number of H-pyrrole nitrogens is 1. The highest BCUT2D eigenvalue weighted by Crippen LogP contribution is 2.16. The third-order valence-electron chi connectivity index (χ3n) is 1.57. The van der Waals surface area contributed by atoms with Crippen molar-refractivity contribution in [1.82, 2.24) is 10.2 Å². The fourth-order valence-electron chi connectivity index (χ4n) is 1.05. The van der Waals surface area contributed by atoms with E-state index in [1.165, 1.54) is 0 Å². The van der Waals surface area contributed by atoms with Crippen molar-refractivity contribution in [1.29, 1.82) is 0 Å². The SMILES string of the molecule is CC(C)Cc1[nH]nc(Cl)c1C=O. The van der Waals surface area contributed by atoms with Gasteiger partial charge in [-0.3, -0.25) is 9.89 Å². The first kappa shape index (κ1) is 9.26. The van der Waals surface area contributed by atoms with E-state index in [-0.39, 0.29) is 5.15 Å². The summed E-state index contributed by atoms with van der Waals surface area (Å²) in [6, 6.07) is 0. The number of carbonyl (C=O) groups excluding carboxylic acids is 1. The van der Waals surface area contributed by atoms with Crippen LogP contribution < -0.4 is 0 Å². The number of nitrogens with zero attached hydrogens (tertiary/aromatic N) is 1. The van der Waals surface area contributed by atoms with Crippen molar-refractivity contribution >= 4 is 17.9 Å². The van der Waals surface area contributed by atoms with E-state index in [0.717, 1.165) is 18.4 Å². The number of halogens is 1. The zero-order valence-electron chi connectivity index (χ0n) is 7.10. The average Bonchev–Trinajstić information content (AvgIpc) is 2.30. The Morgan fingerprint density at radius 3 is 2.83 bits per heavy atom. The number of hydrogen-bond donors (Lipinski definition) is 1. The largest absolute Gasteiger partial charge is 0.298 e. The van der Waals surface area contributed by atoms with E-state index in [9.17, 15) is 4.79 Å². The van der Waals surface area contributed by atoms with E-state index in [0.29, 0.717) is 11.5 Å². The monoisotopic (exact) mass is 186 g/mol. The van der Waals surface area contributed by atoms with E-state index >= 15 is 0 Å². The van der Waals surface area contributed by atoms with Crippen LogP contribution in [0.15, 0.2) is 0 Å². The van der Waals surface area contributed by atoms with Crippen molar-refractivity contribution in [3.63, 3.8) is 0 Å². The van der Waals surface area contributed by atoms with Gasteiger partial charge < -0.3 is 0 Å². The van der Waals surface area contributed by atoms with Gasteiger partial charge in [-0.1, -0.05) is 25.4 Å². The minimum absolute atomic E-state index is 0.264. The Balaban J connectivity index is 2.91. The zero-order chi connectivity index (χ0) is 9.14. The molecule has 0 aliphatic heterocycles. The molecule has 0 saturated carbocycles. The highest BCUT2D eigenvalue weighted by Gasteiger charge is 2.10. The third-order valence-corrected chi connectivity index (χ3v) is 1.85. The van der Waals surface area contributed by atoms with Crippen LogP contribution in [-0.4, -0.2) is 16.5 Å². The Hall–Kier alpha value is -0.830. The molecule has 12 heavy (non-hydrogen) atoms. The quantitative estimate of drug-likeness (QED) is 0.735. The molecule has 1 aromatic heterocycles. The van der Waals surface area contributed by atoms with Gasteiger partial charge >= 0.3 is 0 Å². The molecule has 0 aliphatic carbocycles. The lowest BCUT2D eigenvalue weighted by molar-refractivity contribution is 0.112. The Labute approximate surface area is 76.1 Å². The van der Waals surface area contributed by atoms with Crippen LogP contribution in [0.3, 0.4) is 0 Å². The fraction of sp³-hybridized carbons (Fsp3) is 0.500. The fourth-order valence-corrected chi connectivity index (χ4v) is 1.25. The molecule has 0 aliphatic rings. The summed E-state index contributed by atoms with van der Waals surface area (Å²) in [4.78, 5) is 10.5. The Morgan fingerprint density at radius 2 is 2.33 bits per heavy atom. The number of rotatable bonds is 3. The van der Waals surface area contributed by atoms with Gasteiger partial charge in [0.2, 0.25) is 0 Å². The first-order valence-corrected chi connectivity index (χ1v) is 4.21. The van der Waals surface area contributed by atoms with E-state index in [1.54, 1.807) is 0 Å². The van der Waals surface area contributed by atoms with Crippen LogP contribution in [0.2, 0.25) is 5.15 Å². The number of hydrogen-bond acceptors (Lipinski definition) is 2. The summed E-state index contributed by atoms with van der Waals surface area (Å²) in [5.74, 6) is 0.486. The maximum atomic E-state index is 10.5. The van der Waals surface area contributed by atoms with Crippen LogP contribution in [0.5, 0.6) is 0 Å². The number of carbonyl (C=O) groups is 1. The minimum atomic E-state index is 0.264. The molecule has 1 N–H and O–H groups in total. The highest BCUT2D eigenvalue weighted by molar-refractivity contribution is 6.31. The molecule has 66 valence electrons. The van der Waals surface area contributed by atoms with Gasteiger partial charge in [-0.25, -0.2) is 0 Å². The summed E-state index contributed by atoms with van der Waals surface area (Å²) in [6.07, 6.45) is 1.54. The summed E-state index contributed by atoms with van der Waals surface area (Å²) >= 11 is 5.65. The van der Waals surface area contributed by atoms with Crippen LogP contribution in [0.25, 0.3) is 0 Å². The molecular formula is C8H11ClN2O. The van der Waals surface area contributed by atoms with E-state index in [1.807, 2.05) is 0 Å². The Morgan fingerprint density at radius 1 is 1.67 bits per heavy atom. The van der Waals surface area contributed by atoms with Gasteiger partial charge in [-0.15, -0.1) is 0 Å². The van der Waals surface area contributed by atoms with Crippen LogP contribution in [-0.2, 0) is 6.42 Å². The molecule has 0 amide bonds. The summed E-state index contributed by atoms with van der Waals surface area (Å²) in [5.41, 5.74) is 1.32. The lowest BCUT2D eigenvalue weighted by Crippen LogP contribution is -1.97. The molecule has 4 heteroatoms. The summed E-state index contributed by atoms with van der Waals surface area (Å²) < 4.78 is 0. The van der Waals surface area contributed by atoms with Gasteiger partial charge in [0.1, 0.15) is 0 Å². The van der Waals surface area contributed by atoms with Crippen molar-refractivity contribution in [3.05, 3.63) is 16.4 Å². The average molecular weight is 187 g/mol. The summed E-state index contributed by atoms with van der Waals surface area (Å²) in [6.45, 7) is 4.15. The molecule has 0 bridgehead atoms. The van der Waals surface area contributed by atoms with Crippen LogP contribution >= 0.6 is 11.6 Å². The molecule has 0 unspecified atom stereocenters. The lowest BCUT2D eigenvalue weighted by atomic mass is 10.1. The first-order valence-electron chi connectivity index (χ1n) is 3.83. The van der Waals surface area contributed by atoms with Crippen LogP contribution in [0.1, 0.15) is 29.9 Å². The van der Waals surface area contributed by atoms with Gasteiger partial charge in [0.15, 0.2) is 11.4 Å². The summed E-state index contributed by atoms with van der Waals surface area (Å²) in [5, 5.41) is 6.76. The maximum Gasteiger partial charge on any atom is 0.161 e. The predicted molar refractivity (Wildman–Crippen MR) is 47.5 cm³/mol. The molecule has 1 heterocycles. The predicted octanol–water partition coefficient (Wildman–Crippen LogP) is 2.07. The highest BCUT2D eigenvalue weighted by atomic mass is 35.5. The van der Waals surface area contributed by atoms with Gasteiger partial charge in [-0.05, 0) is 12.3 Å². The smallest absolute Gasteiger partial charge is 0.161 e. The molecule has 3 nitrogen and oxygen atoms in total. The van der Waals surface area contributed by atoms with Crippen molar-refractivity contribution in [2.75, 3.05) is 0 Å². The Kier molecular flexibility index (Phi) is 2.87. The number of nitrogens with one attached hydrogen (secondary N) is 1. The normalized spacial score (nSPS) is 10.7. The molecule has 0 atom stereocenters. The molecule has 0 saturated heterocycles. The Bertz CT molecular complexity index is 281. The minimum Gasteiger partial charge on any atom is -0.298 e. The molecule has 1 rings (SSSR count). The van der Waals surface area contributed by atoms with Gasteiger partial charge in [0.05, 0.1) is 5.56 Å². The number of aromatic amines is 1. The van der Waals surface area contributed by atoms with Crippen molar-refractivity contribution in [3.8, 4) is 0 Å². The molecular weight excluding hydrogens is 176 g/mol. The summed E-state index contributed by atoms with van der Waals surface area (Å²) in [7, 11) is 0. The van der Waals surface area contributed by atoms with E-state index in [4.69, 9.17) is 11.6 Å². The van der Waals surface area contributed by atoms with Gasteiger partial charge in [0.25, 0.3) is 0 Å². The van der Waals surface area contributed by atoms with Crippen molar-refractivity contribution in [2.45, 2.75) is 20.3 Å². The molecule has 0 spiro atoms. The lowest BCUT2D eigenvalue weighted by Gasteiger charge is -2.01. The van der Waals surface area contributed by atoms with Gasteiger partial charge in [0, 0.05) is 5.69 Å². The third kappa shape index (κ3) is 1.85. The topological polar surface area (TPSA) is 45.8 Å². The molecule has 0 fully saturated rings. The second kappa shape index (κ2) is 3.72. The maximum absolute atomic E-state index is 10.5. The number of aromatic nitrogens is 2. The number of aldehydes is 1. The van der Waals surface area contributed by atoms with Crippen molar-refractivity contribution < 1.29 is 4.79 Å². The standard InChI is InChI=1S/C8H11ClN2O/c1-5(2)3-7-6(4-12)8(9)11-10-7/h4-5H,3H2,1-2H3,(H,10,11). The van der Waals surface area contributed by atoms with Gasteiger partial charge in [-0.2, -0.15) is 5.10 Å². The van der Waals surface area contributed by atoms with Crippen molar-refractivity contribution in [2.24, 2.45) is 5.92 Å². The van der Waals surface area contributed by atoms with Crippen LogP contribution in [0, 0.1) is 5.92 Å². The second-order valence-electron chi connectivity index (χ2n) is 3.12. The molecule has 1 aromatic rings. The van der Waals surface area contributed by atoms with E-state index < -0.39 is 0 Å². The molecule has 0 aromatic carbocycles. The van der Waals surface area contributed by atoms with Crippen LogP contribution in [0.4, 0.5) is 0 Å². The zero-order valence-corrected chi connectivity index (χ0v) is 7.85. The second-order valence-corrected chi connectivity index (χ2v) is 3.48.